The molecule has 29 heavy (non-hydrogen) atoms. The predicted octanol–water partition coefficient (Wildman–Crippen LogP) is -3.72. The van der Waals surface area contributed by atoms with E-state index in [0.717, 1.165) is 0 Å². The SMILES string of the molecule is CC(NC(=O)C(CC(N)=O)NC(=O)C(N)CC(N)=O)C(=O)NC(C(=O)O)C(C)C. The van der Waals surface area contributed by atoms with Gasteiger partial charge in [0.05, 0.1) is 18.9 Å². The van der Waals surface area contributed by atoms with Crippen molar-refractivity contribution in [3.63, 3.8) is 0 Å². The highest BCUT2D eigenvalue weighted by atomic mass is 16.4. The molecule has 13 nitrogen and oxygen atoms in total. The van der Waals surface area contributed by atoms with Crippen LogP contribution in [-0.4, -0.2) is 64.8 Å². The highest BCUT2D eigenvalue weighted by molar-refractivity contribution is 5.96. The number of carboxylic acid groups (broad SMARTS) is 1. The van der Waals surface area contributed by atoms with E-state index in [2.05, 4.69) is 16.0 Å². The van der Waals surface area contributed by atoms with Crippen LogP contribution in [0.25, 0.3) is 0 Å². The van der Waals surface area contributed by atoms with E-state index in [1.807, 2.05) is 0 Å². The Labute approximate surface area is 167 Å². The van der Waals surface area contributed by atoms with Gasteiger partial charge in [-0.1, -0.05) is 13.8 Å². The minimum Gasteiger partial charge on any atom is -0.480 e. The Kier molecular flexibility index (Phi) is 10.3. The van der Waals surface area contributed by atoms with Gasteiger partial charge in [0, 0.05) is 0 Å². The molecule has 0 aromatic carbocycles. The van der Waals surface area contributed by atoms with Gasteiger partial charge < -0.3 is 38.3 Å². The lowest BCUT2D eigenvalue weighted by Gasteiger charge is -2.23. The van der Waals surface area contributed by atoms with Crippen LogP contribution in [0.1, 0.15) is 33.6 Å². The first-order valence-electron chi connectivity index (χ1n) is 8.72. The average molecular weight is 416 g/mol. The molecule has 0 aliphatic carbocycles. The molecule has 10 N–H and O–H groups in total. The van der Waals surface area contributed by atoms with Crippen LogP contribution in [0.4, 0.5) is 0 Å². The van der Waals surface area contributed by atoms with Crippen molar-refractivity contribution in [2.24, 2.45) is 23.1 Å². The summed E-state index contributed by atoms with van der Waals surface area (Å²) in [6.07, 6.45) is -1.08. The van der Waals surface area contributed by atoms with Crippen molar-refractivity contribution in [1.82, 2.24) is 16.0 Å². The molecular weight excluding hydrogens is 388 g/mol. The van der Waals surface area contributed by atoms with E-state index in [9.17, 15) is 28.8 Å². The van der Waals surface area contributed by atoms with Crippen LogP contribution in [0.15, 0.2) is 0 Å². The maximum Gasteiger partial charge on any atom is 0.326 e. The average Bonchev–Trinajstić information content (AvgIpc) is 2.56. The van der Waals surface area contributed by atoms with Gasteiger partial charge in [0.25, 0.3) is 0 Å². The molecule has 0 saturated heterocycles. The molecule has 0 fully saturated rings. The summed E-state index contributed by atoms with van der Waals surface area (Å²) in [4.78, 5) is 69.7. The number of carbonyl (C=O) groups is 6. The fourth-order valence-corrected chi connectivity index (χ4v) is 2.17. The van der Waals surface area contributed by atoms with E-state index in [1.54, 1.807) is 13.8 Å². The maximum absolute atomic E-state index is 12.4. The van der Waals surface area contributed by atoms with Gasteiger partial charge in [0.1, 0.15) is 18.1 Å². The largest absolute Gasteiger partial charge is 0.480 e. The molecule has 0 saturated carbocycles. The van der Waals surface area contributed by atoms with Crippen LogP contribution >= 0.6 is 0 Å². The second-order valence-corrected chi connectivity index (χ2v) is 6.81. The molecule has 0 radical (unpaired) electrons. The third kappa shape index (κ3) is 9.51. The highest BCUT2D eigenvalue weighted by Crippen LogP contribution is 2.03. The zero-order valence-electron chi connectivity index (χ0n) is 16.4. The first-order chi connectivity index (χ1) is 13.3. The molecule has 0 aromatic heterocycles. The Morgan fingerprint density at radius 3 is 1.72 bits per heavy atom. The fourth-order valence-electron chi connectivity index (χ4n) is 2.17. The quantitative estimate of drug-likeness (QED) is 0.166. The normalized spacial score (nSPS) is 14.8. The zero-order chi connectivity index (χ0) is 22.9. The summed E-state index contributed by atoms with van der Waals surface area (Å²) in [5.41, 5.74) is 15.5. The van der Waals surface area contributed by atoms with Gasteiger partial charge in [-0.05, 0) is 12.8 Å². The maximum atomic E-state index is 12.4. The third-order valence-corrected chi connectivity index (χ3v) is 3.78. The number of nitrogens with one attached hydrogen (secondary N) is 3. The second-order valence-electron chi connectivity index (χ2n) is 6.81. The molecule has 164 valence electrons. The lowest BCUT2D eigenvalue weighted by Crippen LogP contribution is -2.57. The van der Waals surface area contributed by atoms with Gasteiger partial charge in [0.2, 0.25) is 29.5 Å². The van der Waals surface area contributed by atoms with Crippen molar-refractivity contribution >= 4 is 35.5 Å². The first-order valence-corrected chi connectivity index (χ1v) is 8.72. The Morgan fingerprint density at radius 2 is 1.31 bits per heavy atom. The molecule has 4 unspecified atom stereocenters. The monoisotopic (exact) mass is 416 g/mol. The number of carboxylic acids is 1. The van der Waals surface area contributed by atoms with Crippen molar-refractivity contribution in [2.75, 3.05) is 0 Å². The van der Waals surface area contributed by atoms with Gasteiger partial charge >= 0.3 is 5.97 Å². The summed E-state index contributed by atoms with van der Waals surface area (Å²) in [5, 5.41) is 15.8. The van der Waals surface area contributed by atoms with E-state index in [0.29, 0.717) is 0 Å². The van der Waals surface area contributed by atoms with Gasteiger partial charge in [0.15, 0.2) is 0 Å². The number of hydrogen-bond donors (Lipinski definition) is 7. The molecule has 0 aliphatic rings. The van der Waals surface area contributed by atoms with Gasteiger partial charge in [-0.25, -0.2) is 4.79 Å². The number of carbonyl (C=O) groups excluding carboxylic acids is 5. The van der Waals surface area contributed by atoms with Crippen molar-refractivity contribution < 1.29 is 33.9 Å². The van der Waals surface area contributed by atoms with E-state index in [-0.39, 0.29) is 0 Å². The number of nitrogens with two attached hydrogens (primary N) is 3. The molecule has 0 heterocycles. The van der Waals surface area contributed by atoms with Gasteiger partial charge in [-0.3, -0.25) is 24.0 Å². The van der Waals surface area contributed by atoms with Crippen LogP contribution in [0.3, 0.4) is 0 Å². The Bertz CT molecular complexity index is 666. The number of amides is 5. The summed E-state index contributed by atoms with van der Waals surface area (Å²) in [6, 6.07) is -5.17. The van der Waals surface area contributed by atoms with Crippen LogP contribution in [0.2, 0.25) is 0 Å². The Morgan fingerprint density at radius 1 is 0.793 bits per heavy atom. The van der Waals surface area contributed by atoms with Crippen molar-refractivity contribution in [2.45, 2.75) is 57.8 Å². The van der Waals surface area contributed by atoms with E-state index in [1.165, 1.54) is 6.92 Å². The van der Waals surface area contributed by atoms with Crippen LogP contribution < -0.4 is 33.2 Å². The highest BCUT2D eigenvalue weighted by Gasteiger charge is 2.30. The molecule has 0 aliphatic heterocycles. The van der Waals surface area contributed by atoms with Crippen molar-refractivity contribution in [3.05, 3.63) is 0 Å². The number of rotatable bonds is 12. The zero-order valence-corrected chi connectivity index (χ0v) is 16.4. The molecule has 4 atom stereocenters. The Balaban J connectivity index is 5.10. The lowest BCUT2D eigenvalue weighted by molar-refractivity contribution is -0.143. The first kappa shape index (κ1) is 25.8. The molecule has 0 aromatic rings. The summed E-state index contributed by atoms with van der Waals surface area (Å²) in [5.74, 6) is -6.05. The Hall–Kier alpha value is -3.22. The van der Waals surface area contributed by atoms with Gasteiger partial charge in [-0.15, -0.1) is 0 Å². The molecule has 0 bridgehead atoms. The van der Waals surface area contributed by atoms with Crippen LogP contribution in [0.5, 0.6) is 0 Å². The molecule has 13 heteroatoms. The number of hydrogen-bond acceptors (Lipinski definition) is 7. The van der Waals surface area contributed by atoms with Crippen LogP contribution in [0, 0.1) is 5.92 Å². The fraction of sp³-hybridized carbons (Fsp3) is 0.625. The number of primary amides is 2. The smallest absolute Gasteiger partial charge is 0.326 e. The standard InChI is InChI=1S/C16H28N6O7/c1-6(2)12(16(28)29)22-13(25)7(3)20-15(27)9(5-11(19)24)21-14(26)8(17)4-10(18)23/h6-9,12H,4-5,17H2,1-3H3,(H2,18,23)(H2,19,24)(H,20,27)(H,21,26)(H,22,25)(H,28,29). The van der Waals surface area contributed by atoms with E-state index in [4.69, 9.17) is 22.3 Å². The third-order valence-electron chi connectivity index (χ3n) is 3.78. The van der Waals surface area contributed by atoms with E-state index < -0.39 is 78.4 Å². The topological polar surface area (TPSA) is 237 Å². The van der Waals surface area contributed by atoms with Gasteiger partial charge in [-0.2, -0.15) is 0 Å². The second kappa shape index (κ2) is 11.6. The van der Waals surface area contributed by atoms with Crippen molar-refractivity contribution in [1.29, 1.82) is 0 Å². The van der Waals surface area contributed by atoms with E-state index >= 15 is 0 Å². The lowest BCUT2D eigenvalue weighted by atomic mass is 10.0. The van der Waals surface area contributed by atoms with Crippen LogP contribution in [-0.2, 0) is 28.8 Å². The summed E-state index contributed by atoms with van der Waals surface area (Å²) >= 11 is 0. The summed E-state index contributed by atoms with van der Waals surface area (Å²) in [6.45, 7) is 4.47. The molecule has 5 amide bonds. The molecule has 0 rings (SSSR count). The number of aliphatic carboxylic acids is 1. The minimum absolute atomic E-state index is 0.409. The summed E-state index contributed by atoms with van der Waals surface area (Å²) in [7, 11) is 0. The minimum atomic E-state index is -1.46. The van der Waals surface area contributed by atoms with Crippen molar-refractivity contribution in [3.8, 4) is 0 Å². The molecule has 0 spiro atoms. The predicted molar refractivity (Wildman–Crippen MR) is 99.5 cm³/mol. The summed E-state index contributed by atoms with van der Waals surface area (Å²) < 4.78 is 0. The molecular formula is C16H28N6O7.